The first-order valence-corrected chi connectivity index (χ1v) is 13.1. The van der Waals surface area contributed by atoms with Gasteiger partial charge >= 0.3 is 5.97 Å². The number of carbonyl (C=O) groups excluding carboxylic acids is 2. The Morgan fingerprint density at radius 3 is 2.57 bits per heavy atom. The van der Waals surface area contributed by atoms with Crippen LogP contribution in [-0.4, -0.2) is 43.4 Å². The highest BCUT2D eigenvalue weighted by atomic mass is 32.2. The number of hydrogen-bond donors (Lipinski definition) is 1. The summed E-state index contributed by atoms with van der Waals surface area (Å²) in [4.78, 5) is 24.9. The average Bonchev–Trinajstić information content (AvgIpc) is 3.32. The van der Waals surface area contributed by atoms with E-state index in [1.165, 1.54) is 49.6 Å². The summed E-state index contributed by atoms with van der Waals surface area (Å²) in [6.45, 7) is 3.50. The number of sulfone groups is 1. The van der Waals surface area contributed by atoms with Crippen LogP contribution in [0.25, 0.3) is 6.08 Å². The quantitative estimate of drug-likeness (QED) is 0.139. The van der Waals surface area contributed by atoms with Gasteiger partial charge in [-0.15, -0.1) is 10.2 Å². The fourth-order valence-electron chi connectivity index (χ4n) is 3.02. The minimum atomic E-state index is -3.65. The standard InChI is InChI=1S/C24H21FN4O6S2/c1-14(2)13-37(32,33)24-29-28-23(36-24)27-21(30)16(12-26)10-15-8-9-19(20(11-15)34-3)35-22(31)17-6-4-5-7-18(17)25/h4-11,14H,13H2,1-3H3,(H,27,28,30)/b16-10-. The van der Waals surface area contributed by atoms with Gasteiger partial charge in [-0.25, -0.2) is 17.6 Å². The molecule has 0 saturated carbocycles. The lowest BCUT2D eigenvalue weighted by Gasteiger charge is -2.10. The molecular weight excluding hydrogens is 523 g/mol. The molecule has 0 aliphatic heterocycles. The number of hydrogen-bond acceptors (Lipinski definition) is 10. The Balaban J connectivity index is 1.77. The van der Waals surface area contributed by atoms with E-state index in [-0.39, 0.29) is 43.8 Å². The molecule has 0 aliphatic rings. The normalized spacial score (nSPS) is 11.6. The monoisotopic (exact) mass is 544 g/mol. The van der Waals surface area contributed by atoms with E-state index in [1.54, 1.807) is 19.9 Å². The molecule has 13 heteroatoms. The van der Waals surface area contributed by atoms with E-state index in [0.717, 1.165) is 6.07 Å². The second kappa shape index (κ2) is 11.7. The van der Waals surface area contributed by atoms with Crippen molar-refractivity contribution in [3.05, 3.63) is 65.0 Å². The molecule has 0 aliphatic carbocycles. The highest BCUT2D eigenvalue weighted by Gasteiger charge is 2.23. The molecule has 0 saturated heterocycles. The molecule has 3 rings (SSSR count). The van der Waals surface area contributed by atoms with Crippen LogP contribution < -0.4 is 14.8 Å². The summed E-state index contributed by atoms with van der Waals surface area (Å²) >= 11 is 0.683. The highest BCUT2D eigenvalue weighted by molar-refractivity contribution is 7.93. The molecule has 37 heavy (non-hydrogen) atoms. The van der Waals surface area contributed by atoms with Gasteiger partial charge in [0.05, 0.1) is 18.4 Å². The Kier molecular flexibility index (Phi) is 8.69. The van der Waals surface area contributed by atoms with Crippen LogP contribution in [0.15, 0.2) is 52.4 Å². The number of nitrogens with one attached hydrogen (secondary N) is 1. The van der Waals surface area contributed by atoms with Crippen LogP contribution in [0.4, 0.5) is 9.52 Å². The maximum atomic E-state index is 13.9. The molecule has 0 bridgehead atoms. The van der Waals surface area contributed by atoms with Crippen molar-refractivity contribution in [1.29, 1.82) is 5.26 Å². The number of esters is 1. The maximum absolute atomic E-state index is 13.9. The summed E-state index contributed by atoms with van der Waals surface area (Å²) in [5, 5.41) is 19.1. The van der Waals surface area contributed by atoms with E-state index in [2.05, 4.69) is 15.5 Å². The predicted molar refractivity (Wildman–Crippen MR) is 133 cm³/mol. The van der Waals surface area contributed by atoms with Crippen molar-refractivity contribution in [1.82, 2.24) is 10.2 Å². The van der Waals surface area contributed by atoms with E-state index in [0.29, 0.717) is 16.9 Å². The van der Waals surface area contributed by atoms with E-state index >= 15 is 0 Å². The molecule has 0 unspecified atom stereocenters. The number of amides is 1. The van der Waals surface area contributed by atoms with Crippen LogP contribution in [0.1, 0.15) is 29.8 Å². The second-order valence-corrected chi connectivity index (χ2v) is 11.1. The summed E-state index contributed by atoms with van der Waals surface area (Å²) in [5.74, 6) is -2.64. The van der Waals surface area contributed by atoms with Crippen molar-refractivity contribution < 1.29 is 31.9 Å². The van der Waals surface area contributed by atoms with E-state index < -0.39 is 27.5 Å². The smallest absolute Gasteiger partial charge is 0.346 e. The topological polar surface area (TPSA) is 148 Å². The van der Waals surface area contributed by atoms with E-state index in [4.69, 9.17) is 9.47 Å². The first-order valence-electron chi connectivity index (χ1n) is 10.7. The van der Waals surface area contributed by atoms with Crippen LogP contribution in [0.2, 0.25) is 0 Å². The number of anilines is 1. The lowest BCUT2D eigenvalue weighted by molar-refractivity contribution is -0.112. The number of nitriles is 1. The SMILES string of the molecule is COc1cc(/C=C(/C#N)C(=O)Nc2nnc(S(=O)(=O)CC(C)C)s2)ccc1OC(=O)c1ccccc1F. The summed E-state index contributed by atoms with van der Waals surface area (Å²) in [5.41, 5.74) is -0.222. The Morgan fingerprint density at radius 2 is 1.92 bits per heavy atom. The largest absolute Gasteiger partial charge is 0.493 e. The summed E-state index contributed by atoms with van der Waals surface area (Å²) < 4.78 is 48.7. The third kappa shape index (κ3) is 6.96. The first kappa shape index (κ1) is 27.4. The van der Waals surface area contributed by atoms with Crippen molar-refractivity contribution in [2.75, 3.05) is 18.2 Å². The van der Waals surface area contributed by atoms with Gasteiger partial charge in [0.25, 0.3) is 5.91 Å². The lowest BCUT2D eigenvalue weighted by Crippen LogP contribution is -2.13. The minimum absolute atomic E-state index is 0.000131. The highest BCUT2D eigenvalue weighted by Crippen LogP contribution is 2.30. The number of ether oxygens (including phenoxy) is 2. The van der Waals surface area contributed by atoms with Gasteiger partial charge in [0.2, 0.25) is 19.3 Å². The Labute approximate surface area is 216 Å². The third-order valence-electron chi connectivity index (χ3n) is 4.61. The maximum Gasteiger partial charge on any atom is 0.346 e. The molecule has 1 N–H and O–H groups in total. The molecule has 0 fully saturated rings. The van der Waals surface area contributed by atoms with Gasteiger partial charge < -0.3 is 9.47 Å². The molecule has 1 aromatic heterocycles. The number of benzene rings is 2. The van der Waals surface area contributed by atoms with Gasteiger partial charge in [-0.1, -0.05) is 43.4 Å². The zero-order chi connectivity index (χ0) is 27.2. The van der Waals surface area contributed by atoms with Crippen LogP contribution in [-0.2, 0) is 14.6 Å². The average molecular weight is 545 g/mol. The van der Waals surface area contributed by atoms with Crippen LogP contribution in [0.3, 0.4) is 0 Å². The van der Waals surface area contributed by atoms with Crippen LogP contribution in [0, 0.1) is 23.1 Å². The summed E-state index contributed by atoms with van der Waals surface area (Å²) in [6, 6.07) is 11.3. The predicted octanol–water partition coefficient (Wildman–Crippen LogP) is 3.88. The molecule has 0 atom stereocenters. The van der Waals surface area contributed by atoms with Gasteiger partial charge in [-0.05, 0) is 41.8 Å². The second-order valence-electron chi connectivity index (χ2n) is 7.95. The number of rotatable bonds is 9. The number of nitrogens with zero attached hydrogens (tertiary/aromatic N) is 3. The summed E-state index contributed by atoms with van der Waals surface area (Å²) in [6.07, 6.45) is 1.25. The fraction of sp³-hybridized carbons (Fsp3) is 0.208. The Hall–Kier alpha value is -4.15. The molecule has 0 spiro atoms. The number of halogens is 1. The fourth-order valence-corrected chi connectivity index (χ4v) is 5.62. The minimum Gasteiger partial charge on any atom is -0.493 e. The molecule has 1 amide bonds. The van der Waals surface area contributed by atoms with E-state index in [9.17, 15) is 27.7 Å². The third-order valence-corrected chi connectivity index (χ3v) is 7.97. The molecule has 1 heterocycles. The zero-order valence-corrected chi connectivity index (χ0v) is 21.5. The molecule has 2 aromatic carbocycles. The van der Waals surface area contributed by atoms with Crippen LogP contribution in [0.5, 0.6) is 11.5 Å². The van der Waals surface area contributed by atoms with Crippen molar-refractivity contribution >= 4 is 44.3 Å². The van der Waals surface area contributed by atoms with Crippen molar-refractivity contribution in [2.24, 2.45) is 5.92 Å². The van der Waals surface area contributed by atoms with Crippen molar-refractivity contribution in [3.63, 3.8) is 0 Å². The summed E-state index contributed by atoms with van der Waals surface area (Å²) in [7, 11) is -2.33. The van der Waals surface area contributed by atoms with Crippen molar-refractivity contribution in [2.45, 2.75) is 18.2 Å². The first-order chi connectivity index (χ1) is 17.5. The Morgan fingerprint density at radius 1 is 1.19 bits per heavy atom. The van der Waals surface area contributed by atoms with Crippen LogP contribution >= 0.6 is 11.3 Å². The van der Waals surface area contributed by atoms with E-state index in [1.807, 2.05) is 0 Å². The van der Waals surface area contributed by atoms with Gasteiger partial charge in [-0.3, -0.25) is 10.1 Å². The molecule has 192 valence electrons. The number of carbonyl (C=O) groups is 2. The molecule has 3 aromatic rings. The number of methoxy groups -OCH3 is 1. The molecule has 0 radical (unpaired) electrons. The zero-order valence-electron chi connectivity index (χ0n) is 19.9. The van der Waals surface area contributed by atoms with Gasteiger partial charge in [0.15, 0.2) is 11.5 Å². The Bertz CT molecular complexity index is 1510. The molecular formula is C24H21FN4O6S2. The number of aromatic nitrogens is 2. The molecule has 10 nitrogen and oxygen atoms in total. The van der Waals surface area contributed by atoms with Gasteiger partial charge in [-0.2, -0.15) is 5.26 Å². The lowest BCUT2D eigenvalue weighted by atomic mass is 10.1. The van der Waals surface area contributed by atoms with Gasteiger partial charge in [0, 0.05) is 0 Å². The van der Waals surface area contributed by atoms with Gasteiger partial charge in [0.1, 0.15) is 17.5 Å². The van der Waals surface area contributed by atoms with Crippen molar-refractivity contribution in [3.8, 4) is 17.6 Å².